The molecule has 0 radical (unpaired) electrons. The first-order chi connectivity index (χ1) is 8.50. The number of benzene rings is 1. The number of hydrogen-bond acceptors (Lipinski definition) is 1. The van der Waals surface area contributed by atoms with Crippen molar-refractivity contribution in [3.8, 4) is 0 Å². The van der Waals surface area contributed by atoms with Crippen molar-refractivity contribution in [1.82, 2.24) is 9.47 Å². The van der Waals surface area contributed by atoms with Gasteiger partial charge in [-0.2, -0.15) is 0 Å². The van der Waals surface area contributed by atoms with Crippen LogP contribution in [0.25, 0.3) is 10.9 Å². The zero-order chi connectivity index (χ0) is 13.0. The summed E-state index contributed by atoms with van der Waals surface area (Å²) in [4.78, 5) is 13.8. The lowest BCUT2D eigenvalue weighted by molar-refractivity contribution is 0.0751. The third kappa shape index (κ3) is 1.59. The highest BCUT2D eigenvalue weighted by molar-refractivity contribution is 9.10. The summed E-state index contributed by atoms with van der Waals surface area (Å²) in [6.07, 6.45) is 0. The van der Waals surface area contributed by atoms with E-state index >= 15 is 0 Å². The van der Waals surface area contributed by atoms with Gasteiger partial charge in [-0.1, -0.05) is 39.1 Å². The van der Waals surface area contributed by atoms with E-state index in [1.807, 2.05) is 10.6 Å². The number of carbonyl (C=O) groups excluding carboxylic acids is 1. The summed E-state index contributed by atoms with van der Waals surface area (Å²) in [7, 11) is 1.80. The lowest BCUT2D eigenvalue weighted by atomic mass is 10.2. The SMILES string of the molecule is CN1CCn2c(cc3c(Br)cc(Cl)c(Cl)c32)C1=O. The Morgan fingerprint density at radius 1 is 1.28 bits per heavy atom. The van der Waals surface area contributed by atoms with Crippen LogP contribution in [0, 0.1) is 0 Å². The minimum atomic E-state index is 0.0107. The zero-order valence-electron chi connectivity index (χ0n) is 9.51. The molecule has 1 aliphatic rings. The van der Waals surface area contributed by atoms with Gasteiger partial charge in [-0.25, -0.2) is 0 Å². The minimum absolute atomic E-state index is 0.0107. The molecule has 3 nitrogen and oxygen atoms in total. The molecule has 1 aromatic carbocycles. The Labute approximate surface area is 122 Å². The third-order valence-corrected chi connectivity index (χ3v) is 4.68. The molecule has 6 heteroatoms. The highest BCUT2D eigenvalue weighted by Gasteiger charge is 2.26. The van der Waals surface area contributed by atoms with Gasteiger partial charge in [0.05, 0.1) is 15.6 Å². The maximum absolute atomic E-state index is 12.1. The molecule has 0 unspecified atom stereocenters. The Morgan fingerprint density at radius 2 is 2.00 bits per heavy atom. The lowest BCUT2D eigenvalue weighted by Crippen LogP contribution is -2.36. The summed E-state index contributed by atoms with van der Waals surface area (Å²) in [6, 6.07) is 3.62. The van der Waals surface area contributed by atoms with E-state index in [4.69, 9.17) is 23.2 Å². The number of aromatic nitrogens is 1. The second-order valence-electron chi connectivity index (χ2n) is 4.32. The van der Waals surface area contributed by atoms with Gasteiger partial charge in [0.15, 0.2) is 0 Å². The minimum Gasteiger partial charge on any atom is -0.339 e. The van der Waals surface area contributed by atoms with Crippen molar-refractivity contribution >= 4 is 55.9 Å². The first-order valence-corrected chi connectivity index (χ1v) is 6.98. The Balaban J connectivity index is 2.41. The number of fused-ring (bicyclic) bond motifs is 3. The molecule has 18 heavy (non-hydrogen) atoms. The molecule has 0 spiro atoms. The molecule has 0 saturated heterocycles. The largest absolute Gasteiger partial charge is 0.339 e. The molecule has 2 aromatic rings. The maximum Gasteiger partial charge on any atom is 0.270 e. The van der Waals surface area contributed by atoms with Crippen molar-refractivity contribution in [2.75, 3.05) is 13.6 Å². The van der Waals surface area contributed by atoms with E-state index in [2.05, 4.69) is 15.9 Å². The highest BCUT2D eigenvalue weighted by Crippen LogP contribution is 2.38. The van der Waals surface area contributed by atoms with Crippen molar-refractivity contribution < 1.29 is 4.79 Å². The van der Waals surface area contributed by atoms with Gasteiger partial charge in [-0.05, 0) is 12.1 Å². The molecular formula is C12H9BrCl2N2O. The third-order valence-electron chi connectivity index (χ3n) is 3.25. The number of nitrogens with zero attached hydrogens (tertiary/aromatic N) is 2. The van der Waals surface area contributed by atoms with Gasteiger partial charge in [0.1, 0.15) is 5.69 Å². The normalized spacial score (nSPS) is 15.3. The van der Waals surface area contributed by atoms with Crippen LogP contribution in [0.3, 0.4) is 0 Å². The van der Waals surface area contributed by atoms with Crippen LogP contribution < -0.4 is 0 Å². The van der Waals surface area contributed by atoms with Gasteiger partial charge < -0.3 is 9.47 Å². The predicted octanol–water partition coefficient (Wildman–Crippen LogP) is 3.80. The summed E-state index contributed by atoms with van der Waals surface area (Å²) >= 11 is 15.8. The standard InChI is InChI=1S/C12H9BrCl2N2O/c1-16-2-3-17-9(12(16)18)4-6-7(13)5-8(14)10(15)11(6)17/h4-5H,2-3H2,1H3. The van der Waals surface area contributed by atoms with Gasteiger partial charge in [-0.15, -0.1) is 0 Å². The van der Waals surface area contributed by atoms with E-state index in [-0.39, 0.29) is 5.91 Å². The van der Waals surface area contributed by atoms with Crippen LogP contribution in [-0.2, 0) is 6.54 Å². The number of likely N-dealkylation sites (N-methyl/N-ethyl adjacent to an activating group) is 1. The van der Waals surface area contributed by atoms with Gasteiger partial charge in [0, 0.05) is 30.0 Å². The molecule has 94 valence electrons. The molecule has 0 N–H and O–H groups in total. The fourth-order valence-corrected chi connectivity index (χ4v) is 3.41. The van der Waals surface area contributed by atoms with Gasteiger partial charge >= 0.3 is 0 Å². The molecule has 1 aromatic heterocycles. The molecule has 3 rings (SSSR count). The van der Waals surface area contributed by atoms with E-state index in [1.165, 1.54) is 0 Å². The van der Waals surface area contributed by atoms with E-state index < -0.39 is 0 Å². The van der Waals surface area contributed by atoms with Crippen LogP contribution in [0.1, 0.15) is 10.5 Å². The fraction of sp³-hybridized carbons (Fsp3) is 0.250. The van der Waals surface area contributed by atoms with Crippen LogP contribution in [0.15, 0.2) is 16.6 Å². The molecular weight excluding hydrogens is 339 g/mol. The number of hydrogen-bond donors (Lipinski definition) is 0. The van der Waals surface area contributed by atoms with Gasteiger partial charge in [0.25, 0.3) is 5.91 Å². The van der Waals surface area contributed by atoms with E-state index in [9.17, 15) is 4.79 Å². The Morgan fingerprint density at radius 3 is 2.72 bits per heavy atom. The van der Waals surface area contributed by atoms with Crippen molar-refractivity contribution in [3.63, 3.8) is 0 Å². The van der Waals surface area contributed by atoms with Gasteiger partial charge in [0.2, 0.25) is 0 Å². The van der Waals surface area contributed by atoms with Crippen molar-refractivity contribution in [1.29, 1.82) is 0 Å². The summed E-state index contributed by atoms with van der Waals surface area (Å²) in [6.45, 7) is 1.41. The first kappa shape index (κ1) is 12.3. The second-order valence-corrected chi connectivity index (χ2v) is 5.96. The first-order valence-electron chi connectivity index (χ1n) is 5.43. The summed E-state index contributed by atoms with van der Waals surface area (Å²) in [5.74, 6) is 0.0107. The summed E-state index contributed by atoms with van der Waals surface area (Å²) in [5.41, 5.74) is 1.48. The topological polar surface area (TPSA) is 25.2 Å². The maximum atomic E-state index is 12.1. The van der Waals surface area contributed by atoms with E-state index in [0.717, 1.165) is 21.9 Å². The fourth-order valence-electron chi connectivity index (χ4n) is 2.29. The van der Waals surface area contributed by atoms with E-state index in [1.54, 1.807) is 18.0 Å². The number of rotatable bonds is 0. The van der Waals surface area contributed by atoms with Crippen LogP contribution in [0.4, 0.5) is 0 Å². The van der Waals surface area contributed by atoms with Crippen LogP contribution in [0.2, 0.25) is 10.0 Å². The van der Waals surface area contributed by atoms with Gasteiger partial charge in [-0.3, -0.25) is 4.79 Å². The van der Waals surface area contributed by atoms with Crippen molar-refractivity contribution in [3.05, 3.63) is 32.3 Å². The average molecular weight is 348 g/mol. The predicted molar refractivity (Wildman–Crippen MR) is 76.6 cm³/mol. The van der Waals surface area contributed by atoms with Crippen molar-refractivity contribution in [2.45, 2.75) is 6.54 Å². The summed E-state index contributed by atoms with van der Waals surface area (Å²) in [5, 5.41) is 1.91. The second kappa shape index (κ2) is 4.15. The highest BCUT2D eigenvalue weighted by atomic mass is 79.9. The molecule has 1 amide bonds. The Bertz CT molecular complexity index is 681. The molecule has 0 aliphatic carbocycles. The van der Waals surface area contributed by atoms with Crippen LogP contribution in [-0.4, -0.2) is 29.0 Å². The Kier molecular flexibility index (Phi) is 2.84. The number of carbonyl (C=O) groups is 1. The molecule has 0 fully saturated rings. The molecule has 0 bridgehead atoms. The molecule has 1 aliphatic heterocycles. The monoisotopic (exact) mass is 346 g/mol. The van der Waals surface area contributed by atoms with Crippen molar-refractivity contribution in [2.24, 2.45) is 0 Å². The molecule has 2 heterocycles. The average Bonchev–Trinajstić information content (AvgIpc) is 2.72. The van der Waals surface area contributed by atoms with Crippen LogP contribution >= 0.6 is 39.1 Å². The molecule has 0 saturated carbocycles. The number of amides is 1. The lowest BCUT2D eigenvalue weighted by Gasteiger charge is -2.25. The van der Waals surface area contributed by atoms with E-state index in [0.29, 0.717) is 22.3 Å². The Hall–Kier alpha value is -0.710. The smallest absolute Gasteiger partial charge is 0.270 e. The molecule has 0 atom stereocenters. The number of halogens is 3. The summed E-state index contributed by atoms with van der Waals surface area (Å²) < 4.78 is 2.79. The zero-order valence-corrected chi connectivity index (χ0v) is 12.6. The quantitative estimate of drug-likeness (QED) is 0.665. The van der Waals surface area contributed by atoms with Crippen LogP contribution in [0.5, 0.6) is 0 Å².